The fourth-order valence-electron chi connectivity index (χ4n) is 3.32. The van der Waals surface area contributed by atoms with Crippen LogP contribution in [0.1, 0.15) is 38.4 Å². The van der Waals surface area contributed by atoms with Crippen molar-refractivity contribution >= 4 is 11.0 Å². The highest BCUT2D eigenvalue weighted by atomic mass is 15.1. The van der Waals surface area contributed by atoms with Crippen LogP contribution in [0.5, 0.6) is 0 Å². The molecule has 0 amide bonds. The maximum atomic E-state index is 4.62. The van der Waals surface area contributed by atoms with Crippen molar-refractivity contribution < 1.29 is 0 Å². The van der Waals surface area contributed by atoms with Crippen molar-refractivity contribution in [3.63, 3.8) is 0 Å². The van der Waals surface area contributed by atoms with Gasteiger partial charge in [-0.3, -0.25) is 0 Å². The lowest BCUT2D eigenvalue weighted by molar-refractivity contribution is 0.305. The Morgan fingerprint density at radius 2 is 1.95 bits per heavy atom. The summed E-state index contributed by atoms with van der Waals surface area (Å²) in [6, 6.07) is 9.13. The molecule has 0 aliphatic heterocycles. The summed E-state index contributed by atoms with van der Waals surface area (Å²) in [6.07, 6.45) is 5.44. The molecule has 1 N–H and O–H groups in total. The Morgan fingerprint density at radius 3 is 2.75 bits per heavy atom. The van der Waals surface area contributed by atoms with Crippen LogP contribution in [0.15, 0.2) is 24.3 Å². The molecule has 0 unspecified atom stereocenters. The Hall–Kier alpha value is -1.35. The minimum Gasteiger partial charge on any atom is -0.327 e. The van der Waals surface area contributed by atoms with E-state index in [-0.39, 0.29) is 0 Å². The molecule has 1 aliphatic rings. The van der Waals surface area contributed by atoms with E-state index in [2.05, 4.69) is 53.0 Å². The van der Waals surface area contributed by atoms with Gasteiger partial charge in [0.25, 0.3) is 0 Å². The van der Waals surface area contributed by atoms with Crippen LogP contribution in [0.2, 0.25) is 0 Å². The first-order valence-corrected chi connectivity index (χ1v) is 7.89. The molecular weight excluding hydrogens is 246 g/mol. The predicted octanol–water partition coefficient (Wildman–Crippen LogP) is 3.51. The number of imidazole rings is 1. The monoisotopic (exact) mass is 271 g/mol. The summed E-state index contributed by atoms with van der Waals surface area (Å²) in [5.74, 6) is 2.04. The van der Waals surface area contributed by atoms with Gasteiger partial charge in [-0.2, -0.15) is 0 Å². The Labute approximate surface area is 121 Å². The molecule has 1 aromatic heterocycles. The van der Waals surface area contributed by atoms with E-state index in [0.717, 1.165) is 36.4 Å². The van der Waals surface area contributed by atoms with Gasteiger partial charge in [0.2, 0.25) is 0 Å². The summed E-state index contributed by atoms with van der Waals surface area (Å²) >= 11 is 0. The number of rotatable bonds is 4. The number of para-hydroxylation sites is 2. The molecule has 1 aromatic carbocycles. The van der Waals surface area contributed by atoms with Gasteiger partial charge in [0, 0.05) is 19.1 Å². The second-order valence-corrected chi connectivity index (χ2v) is 6.21. The Balaban J connectivity index is 1.59. The van der Waals surface area contributed by atoms with Crippen molar-refractivity contribution in [3.05, 3.63) is 30.1 Å². The molecule has 1 heterocycles. The molecule has 108 valence electrons. The van der Waals surface area contributed by atoms with E-state index in [4.69, 9.17) is 0 Å². The molecule has 0 atom stereocenters. The van der Waals surface area contributed by atoms with Crippen molar-refractivity contribution in [1.29, 1.82) is 0 Å². The Bertz CT molecular complexity index is 565. The number of nitrogens with zero attached hydrogens (tertiary/aromatic N) is 2. The first-order valence-electron chi connectivity index (χ1n) is 7.89. The molecule has 1 aliphatic carbocycles. The molecule has 0 radical (unpaired) electrons. The van der Waals surface area contributed by atoms with Crippen LogP contribution in [0.3, 0.4) is 0 Å². The topological polar surface area (TPSA) is 29.9 Å². The fourth-order valence-corrected chi connectivity index (χ4v) is 3.32. The van der Waals surface area contributed by atoms with Gasteiger partial charge in [0.1, 0.15) is 5.82 Å². The number of aromatic nitrogens is 2. The van der Waals surface area contributed by atoms with E-state index in [0.29, 0.717) is 0 Å². The third-order valence-electron chi connectivity index (χ3n) is 4.63. The van der Waals surface area contributed by atoms with Gasteiger partial charge in [-0.1, -0.05) is 19.1 Å². The molecule has 0 bridgehead atoms. The van der Waals surface area contributed by atoms with Gasteiger partial charge in [-0.15, -0.1) is 0 Å². The summed E-state index contributed by atoms with van der Waals surface area (Å²) in [7, 11) is 0. The number of fused-ring (bicyclic) bond motifs is 1. The first-order chi connectivity index (χ1) is 9.74. The summed E-state index contributed by atoms with van der Waals surface area (Å²) < 4.78 is 2.33. The molecular formula is C17H25N3. The fraction of sp³-hybridized carbons (Fsp3) is 0.588. The van der Waals surface area contributed by atoms with E-state index in [1.165, 1.54) is 31.2 Å². The lowest BCUT2D eigenvalue weighted by atomic mass is 9.87. The number of nitrogens with one attached hydrogen (secondary N) is 1. The van der Waals surface area contributed by atoms with Crippen molar-refractivity contribution in [2.75, 3.05) is 6.54 Å². The van der Waals surface area contributed by atoms with Crippen molar-refractivity contribution in [2.24, 2.45) is 5.92 Å². The molecule has 0 spiro atoms. The van der Waals surface area contributed by atoms with E-state index in [1.807, 2.05) is 0 Å². The van der Waals surface area contributed by atoms with Crippen LogP contribution in [0.25, 0.3) is 11.0 Å². The highest BCUT2D eigenvalue weighted by Crippen LogP contribution is 2.23. The molecule has 3 heteroatoms. The highest BCUT2D eigenvalue weighted by Gasteiger charge is 2.17. The van der Waals surface area contributed by atoms with Crippen LogP contribution >= 0.6 is 0 Å². The maximum Gasteiger partial charge on any atom is 0.106 e. The molecule has 3 rings (SSSR count). The second-order valence-electron chi connectivity index (χ2n) is 6.21. The Morgan fingerprint density at radius 1 is 1.20 bits per heavy atom. The largest absolute Gasteiger partial charge is 0.327 e. The molecule has 20 heavy (non-hydrogen) atoms. The second kappa shape index (κ2) is 5.96. The smallest absolute Gasteiger partial charge is 0.106 e. The van der Waals surface area contributed by atoms with Crippen molar-refractivity contribution in [3.8, 4) is 0 Å². The predicted molar refractivity (Wildman–Crippen MR) is 83.9 cm³/mol. The van der Waals surface area contributed by atoms with Gasteiger partial charge < -0.3 is 9.88 Å². The van der Waals surface area contributed by atoms with Crippen LogP contribution in [-0.4, -0.2) is 22.1 Å². The highest BCUT2D eigenvalue weighted by molar-refractivity contribution is 5.75. The first kappa shape index (κ1) is 13.6. The minimum atomic E-state index is 0.723. The van der Waals surface area contributed by atoms with E-state index < -0.39 is 0 Å². The van der Waals surface area contributed by atoms with Crippen molar-refractivity contribution in [2.45, 2.75) is 52.1 Å². The summed E-state index contributed by atoms with van der Waals surface area (Å²) in [6.45, 7) is 6.53. The summed E-state index contributed by atoms with van der Waals surface area (Å²) in [4.78, 5) is 4.62. The minimum absolute atomic E-state index is 0.723. The molecule has 1 saturated carbocycles. The van der Waals surface area contributed by atoms with Gasteiger partial charge in [-0.25, -0.2) is 4.98 Å². The van der Waals surface area contributed by atoms with Crippen LogP contribution < -0.4 is 5.32 Å². The molecule has 0 saturated heterocycles. The normalized spacial score (nSPS) is 23.3. The molecule has 1 fully saturated rings. The number of aryl methyl sites for hydroxylation is 1. The van der Waals surface area contributed by atoms with E-state index in [1.54, 1.807) is 0 Å². The average molecular weight is 271 g/mol. The number of benzene rings is 1. The van der Waals surface area contributed by atoms with Gasteiger partial charge in [0.05, 0.1) is 11.0 Å². The van der Waals surface area contributed by atoms with Crippen molar-refractivity contribution in [1.82, 2.24) is 14.9 Å². The number of hydrogen-bond acceptors (Lipinski definition) is 2. The third kappa shape index (κ3) is 2.88. The third-order valence-corrected chi connectivity index (χ3v) is 4.63. The zero-order valence-corrected chi connectivity index (χ0v) is 12.6. The maximum absolute atomic E-state index is 4.62. The van der Waals surface area contributed by atoms with Gasteiger partial charge >= 0.3 is 0 Å². The molecule has 2 aromatic rings. The van der Waals surface area contributed by atoms with Gasteiger partial charge in [-0.05, 0) is 50.7 Å². The van der Waals surface area contributed by atoms with Gasteiger partial charge in [0.15, 0.2) is 0 Å². The standard InChI is InChI=1S/C17H25N3/c1-13-7-9-15(10-8-13)18-11-12-20-14(2)19-16-5-3-4-6-17(16)20/h3-6,13,15,18H,7-12H2,1-2H3. The number of hydrogen-bond donors (Lipinski definition) is 1. The average Bonchev–Trinajstić information content (AvgIpc) is 2.77. The zero-order valence-electron chi connectivity index (χ0n) is 12.6. The zero-order chi connectivity index (χ0) is 13.9. The lowest BCUT2D eigenvalue weighted by Gasteiger charge is -2.27. The summed E-state index contributed by atoms with van der Waals surface area (Å²) in [5.41, 5.74) is 2.36. The van der Waals surface area contributed by atoms with E-state index >= 15 is 0 Å². The van der Waals surface area contributed by atoms with Crippen LogP contribution in [-0.2, 0) is 6.54 Å². The Kier molecular flexibility index (Phi) is 4.06. The molecule has 3 nitrogen and oxygen atoms in total. The van der Waals surface area contributed by atoms with Crippen LogP contribution in [0.4, 0.5) is 0 Å². The van der Waals surface area contributed by atoms with E-state index in [9.17, 15) is 0 Å². The van der Waals surface area contributed by atoms with Crippen LogP contribution in [0, 0.1) is 12.8 Å². The quantitative estimate of drug-likeness (QED) is 0.922. The SMILES string of the molecule is Cc1nc2ccccc2n1CCNC1CCC(C)CC1. The lowest BCUT2D eigenvalue weighted by Crippen LogP contribution is -2.34. The summed E-state index contributed by atoms with van der Waals surface area (Å²) in [5, 5.41) is 3.72.